The molecule has 0 aliphatic carbocycles. The predicted octanol–water partition coefficient (Wildman–Crippen LogP) is 0.816. The van der Waals surface area contributed by atoms with Gasteiger partial charge in [-0.15, -0.1) is 0 Å². The van der Waals surface area contributed by atoms with Gasteiger partial charge in [0.25, 0.3) is 0 Å². The number of benzene rings is 1. The fourth-order valence-electron chi connectivity index (χ4n) is 1.92. The maximum atomic E-state index is 11.8. The van der Waals surface area contributed by atoms with E-state index >= 15 is 0 Å². The van der Waals surface area contributed by atoms with Crippen LogP contribution in [0.15, 0.2) is 54.1 Å². The van der Waals surface area contributed by atoms with Crippen LogP contribution < -0.4 is 5.69 Å². The zero-order valence-corrected chi connectivity index (χ0v) is 10.5. The fourth-order valence-corrected chi connectivity index (χ4v) is 1.92. The molecule has 2 aromatic heterocycles. The number of nitrogens with zero attached hydrogens (tertiary/aromatic N) is 5. The van der Waals surface area contributed by atoms with Crippen LogP contribution >= 0.6 is 0 Å². The van der Waals surface area contributed by atoms with Crippen molar-refractivity contribution in [2.24, 2.45) is 7.05 Å². The Bertz CT molecular complexity index is 721. The summed E-state index contributed by atoms with van der Waals surface area (Å²) in [6.07, 6.45) is 6.69. The van der Waals surface area contributed by atoms with E-state index in [-0.39, 0.29) is 5.69 Å². The van der Waals surface area contributed by atoms with Crippen LogP contribution in [0.25, 0.3) is 5.69 Å². The Labute approximate surface area is 109 Å². The van der Waals surface area contributed by atoms with Crippen LogP contribution in [-0.2, 0) is 13.6 Å². The maximum Gasteiger partial charge on any atom is 0.332 e. The van der Waals surface area contributed by atoms with Gasteiger partial charge in [-0.05, 0) is 17.7 Å². The number of imidazole rings is 1. The second-order valence-corrected chi connectivity index (χ2v) is 4.32. The highest BCUT2D eigenvalue weighted by molar-refractivity contribution is 5.34. The second-order valence-electron chi connectivity index (χ2n) is 4.32. The number of aromatic nitrogens is 5. The van der Waals surface area contributed by atoms with Crippen molar-refractivity contribution in [2.75, 3.05) is 0 Å². The average Bonchev–Trinajstić information content (AvgIpc) is 3.03. The quantitative estimate of drug-likeness (QED) is 0.696. The molecule has 19 heavy (non-hydrogen) atoms. The monoisotopic (exact) mass is 255 g/mol. The van der Waals surface area contributed by atoms with Gasteiger partial charge in [-0.2, -0.15) is 5.10 Å². The Morgan fingerprint density at radius 3 is 2.53 bits per heavy atom. The van der Waals surface area contributed by atoms with Gasteiger partial charge < -0.3 is 4.57 Å². The molecule has 0 aliphatic heterocycles. The summed E-state index contributed by atoms with van der Waals surface area (Å²) in [5, 5.41) is 4.06. The lowest BCUT2D eigenvalue weighted by Crippen LogP contribution is -2.20. The molecule has 3 aromatic rings. The molecule has 0 unspecified atom stereocenters. The van der Waals surface area contributed by atoms with Crippen LogP contribution in [0.1, 0.15) is 5.56 Å². The molecule has 0 saturated heterocycles. The van der Waals surface area contributed by atoms with Crippen LogP contribution in [-0.4, -0.2) is 23.9 Å². The molecule has 6 nitrogen and oxygen atoms in total. The summed E-state index contributed by atoms with van der Waals surface area (Å²) in [7, 11) is 1.73. The van der Waals surface area contributed by atoms with E-state index in [1.807, 2.05) is 24.3 Å². The van der Waals surface area contributed by atoms with Gasteiger partial charge in [0.2, 0.25) is 0 Å². The topological polar surface area (TPSA) is 57.6 Å². The van der Waals surface area contributed by atoms with E-state index in [4.69, 9.17) is 0 Å². The van der Waals surface area contributed by atoms with Gasteiger partial charge >= 0.3 is 5.69 Å². The first-order valence-corrected chi connectivity index (χ1v) is 5.90. The van der Waals surface area contributed by atoms with Crippen molar-refractivity contribution >= 4 is 0 Å². The predicted molar refractivity (Wildman–Crippen MR) is 70.1 cm³/mol. The van der Waals surface area contributed by atoms with Gasteiger partial charge in [0.1, 0.15) is 12.7 Å². The van der Waals surface area contributed by atoms with Crippen LogP contribution in [0.5, 0.6) is 0 Å². The van der Waals surface area contributed by atoms with E-state index in [0.29, 0.717) is 6.54 Å². The third-order valence-electron chi connectivity index (χ3n) is 2.97. The van der Waals surface area contributed by atoms with Gasteiger partial charge in [-0.3, -0.25) is 4.57 Å². The SMILES string of the molecule is Cn1ccn(-c2ccc(Cn3cncn3)cc2)c1=O. The summed E-state index contributed by atoms with van der Waals surface area (Å²) in [5.41, 5.74) is 1.91. The molecule has 0 saturated carbocycles. The molecule has 2 heterocycles. The number of hydrogen-bond donors (Lipinski definition) is 0. The van der Waals surface area contributed by atoms with Gasteiger partial charge in [-0.1, -0.05) is 12.1 Å². The molecule has 1 aromatic carbocycles. The van der Waals surface area contributed by atoms with E-state index in [0.717, 1.165) is 11.3 Å². The zero-order valence-electron chi connectivity index (χ0n) is 10.5. The van der Waals surface area contributed by atoms with Crippen molar-refractivity contribution in [1.29, 1.82) is 0 Å². The number of aryl methyl sites for hydroxylation is 1. The average molecular weight is 255 g/mol. The third kappa shape index (κ3) is 2.20. The largest absolute Gasteiger partial charge is 0.332 e. The first-order valence-electron chi connectivity index (χ1n) is 5.90. The Morgan fingerprint density at radius 1 is 1.16 bits per heavy atom. The number of hydrogen-bond acceptors (Lipinski definition) is 3. The second kappa shape index (κ2) is 4.56. The maximum absolute atomic E-state index is 11.8. The number of rotatable bonds is 3. The van der Waals surface area contributed by atoms with E-state index in [2.05, 4.69) is 10.1 Å². The lowest BCUT2D eigenvalue weighted by atomic mass is 10.2. The molecule has 0 spiro atoms. The minimum absolute atomic E-state index is 0.0518. The molecule has 0 N–H and O–H groups in total. The highest BCUT2D eigenvalue weighted by Gasteiger charge is 2.03. The highest BCUT2D eigenvalue weighted by atomic mass is 16.1. The van der Waals surface area contributed by atoms with Crippen LogP contribution in [0.3, 0.4) is 0 Å². The van der Waals surface area contributed by atoms with E-state index in [9.17, 15) is 4.79 Å². The lowest BCUT2D eigenvalue weighted by Gasteiger charge is -2.04. The van der Waals surface area contributed by atoms with E-state index in [1.165, 1.54) is 6.33 Å². The first-order chi connectivity index (χ1) is 9.24. The van der Waals surface area contributed by atoms with Crippen LogP contribution in [0, 0.1) is 0 Å². The zero-order chi connectivity index (χ0) is 13.2. The van der Waals surface area contributed by atoms with Crippen molar-refractivity contribution in [1.82, 2.24) is 23.9 Å². The molecule has 0 radical (unpaired) electrons. The Hall–Kier alpha value is -2.63. The van der Waals surface area contributed by atoms with E-state index < -0.39 is 0 Å². The summed E-state index contributed by atoms with van der Waals surface area (Å²) in [4.78, 5) is 15.7. The van der Waals surface area contributed by atoms with Gasteiger partial charge in [0, 0.05) is 19.4 Å². The van der Waals surface area contributed by atoms with Gasteiger partial charge in [0.15, 0.2) is 0 Å². The molecule has 3 rings (SSSR count). The van der Waals surface area contributed by atoms with Gasteiger partial charge in [0.05, 0.1) is 12.2 Å². The minimum atomic E-state index is -0.0518. The Morgan fingerprint density at radius 2 is 1.95 bits per heavy atom. The minimum Gasteiger partial charge on any atom is -0.302 e. The van der Waals surface area contributed by atoms with Crippen molar-refractivity contribution in [3.63, 3.8) is 0 Å². The van der Waals surface area contributed by atoms with Crippen molar-refractivity contribution in [2.45, 2.75) is 6.54 Å². The molecule has 0 amide bonds. The van der Waals surface area contributed by atoms with Crippen molar-refractivity contribution in [3.05, 3.63) is 65.4 Å². The third-order valence-corrected chi connectivity index (χ3v) is 2.97. The molecule has 96 valence electrons. The Kier molecular flexibility index (Phi) is 2.75. The van der Waals surface area contributed by atoms with Crippen LogP contribution in [0.2, 0.25) is 0 Å². The first kappa shape index (κ1) is 11.5. The van der Waals surface area contributed by atoms with Crippen molar-refractivity contribution < 1.29 is 0 Å². The molecular weight excluding hydrogens is 242 g/mol. The summed E-state index contributed by atoms with van der Waals surface area (Å²) in [5.74, 6) is 0. The van der Waals surface area contributed by atoms with E-state index in [1.54, 1.807) is 39.6 Å². The molecule has 0 fully saturated rings. The molecular formula is C13H13N5O. The highest BCUT2D eigenvalue weighted by Crippen LogP contribution is 2.08. The van der Waals surface area contributed by atoms with Gasteiger partial charge in [-0.25, -0.2) is 14.5 Å². The molecule has 6 heteroatoms. The smallest absolute Gasteiger partial charge is 0.302 e. The van der Waals surface area contributed by atoms with Crippen molar-refractivity contribution in [3.8, 4) is 5.69 Å². The standard InChI is InChI=1S/C13H13N5O/c1-16-6-7-18(13(16)19)12-4-2-11(3-5-12)8-17-10-14-9-15-17/h2-7,9-10H,8H2,1H3. The molecule has 0 bridgehead atoms. The normalized spacial score (nSPS) is 10.8. The fraction of sp³-hybridized carbons (Fsp3) is 0.154. The summed E-state index contributed by atoms with van der Waals surface area (Å²) < 4.78 is 4.91. The lowest BCUT2D eigenvalue weighted by molar-refractivity contribution is 0.684. The summed E-state index contributed by atoms with van der Waals surface area (Å²) >= 11 is 0. The van der Waals surface area contributed by atoms with Crippen LogP contribution in [0.4, 0.5) is 0 Å². The summed E-state index contributed by atoms with van der Waals surface area (Å²) in [6, 6.07) is 7.81. The molecule has 0 aliphatic rings. The summed E-state index contributed by atoms with van der Waals surface area (Å²) in [6.45, 7) is 0.671. The Balaban J connectivity index is 1.87. The molecule has 0 atom stereocenters.